The second-order valence-corrected chi connectivity index (χ2v) is 4.54. The van der Waals surface area contributed by atoms with Crippen molar-refractivity contribution in [2.24, 2.45) is 7.05 Å². The van der Waals surface area contributed by atoms with E-state index in [0.717, 1.165) is 0 Å². The Labute approximate surface area is 125 Å². The summed E-state index contributed by atoms with van der Waals surface area (Å²) in [6.45, 7) is 0. The van der Waals surface area contributed by atoms with Crippen molar-refractivity contribution in [2.75, 3.05) is 0 Å². The molecular formula is C15H12ClF3N2. The number of aromatic nitrogens is 2. The second-order valence-electron chi connectivity index (χ2n) is 4.54. The van der Waals surface area contributed by atoms with E-state index in [2.05, 4.69) is 0 Å². The zero-order valence-electron chi connectivity index (χ0n) is 11.1. The number of fused-ring (bicyclic) bond motifs is 1. The van der Waals surface area contributed by atoms with Gasteiger partial charge in [-0.05, 0) is 24.3 Å². The summed E-state index contributed by atoms with van der Waals surface area (Å²) >= 11 is 0. The minimum absolute atomic E-state index is 0. The zero-order valence-corrected chi connectivity index (χ0v) is 11.9. The van der Waals surface area contributed by atoms with Gasteiger partial charge in [-0.3, -0.25) is 0 Å². The van der Waals surface area contributed by atoms with Crippen LogP contribution in [0, 0.1) is 0 Å². The lowest BCUT2D eigenvalue weighted by molar-refractivity contribution is -0.595. The van der Waals surface area contributed by atoms with Crippen molar-refractivity contribution in [3.8, 4) is 5.69 Å². The molecule has 1 aromatic heterocycles. The Bertz CT molecular complexity index is 764. The van der Waals surface area contributed by atoms with E-state index in [1.807, 2.05) is 0 Å². The maximum atomic E-state index is 13.4. The van der Waals surface area contributed by atoms with Crippen molar-refractivity contribution in [2.45, 2.75) is 6.18 Å². The normalized spacial score (nSPS) is 11.4. The van der Waals surface area contributed by atoms with E-state index in [1.165, 1.54) is 16.2 Å². The van der Waals surface area contributed by atoms with Crippen LogP contribution in [0.15, 0.2) is 54.6 Å². The highest BCUT2D eigenvalue weighted by molar-refractivity contribution is 5.73. The summed E-state index contributed by atoms with van der Waals surface area (Å²) in [6, 6.07) is 15.4. The molecule has 0 radical (unpaired) electrons. The van der Waals surface area contributed by atoms with Gasteiger partial charge in [0.25, 0.3) is 0 Å². The molecule has 0 bridgehead atoms. The molecular weight excluding hydrogens is 301 g/mol. The number of hydrogen-bond donors (Lipinski definition) is 0. The average molecular weight is 313 g/mol. The topological polar surface area (TPSA) is 8.81 Å². The molecule has 0 atom stereocenters. The fraction of sp³-hybridized carbons (Fsp3) is 0.133. The Morgan fingerprint density at radius 1 is 0.905 bits per heavy atom. The third-order valence-corrected chi connectivity index (χ3v) is 3.28. The van der Waals surface area contributed by atoms with Crippen LogP contribution in [0.1, 0.15) is 5.82 Å². The molecule has 0 fully saturated rings. The predicted octanol–water partition coefficient (Wildman–Crippen LogP) is 0.478. The van der Waals surface area contributed by atoms with Crippen molar-refractivity contribution in [3.05, 3.63) is 60.4 Å². The van der Waals surface area contributed by atoms with Gasteiger partial charge in [0.2, 0.25) is 0 Å². The first-order valence-corrected chi connectivity index (χ1v) is 6.12. The Morgan fingerprint density at radius 2 is 1.48 bits per heavy atom. The molecule has 2 aromatic carbocycles. The summed E-state index contributed by atoms with van der Waals surface area (Å²) in [6.07, 6.45) is -4.43. The van der Waals surface area contributed by atoms with Crippen LogP contribution >= 0.6 is 0 Å². The molecule has 21 heavy (non-hydrogen) atoms. The number of imidazole rings is 1. The lowest BCUT2D eigenvalue weighted by Gasteiger charge is -2.05. The molecule has 0 amide bonds. The predicted molar refractivity (Wildman–Crippen MR) is 69.5 cm³/mol. The number of alkyl halides is 3. The van der Waals surface area contributed by atoms with Crippen LogP contribution in [0.25, 0.3) is 16.7 Å². The molecule has 6 heteroatoms. The Morgan fingerprint density at radius 3 is 2.10 bits per heavy atom. The highest BCUT2D eigenvalue weighted by Crippen LogP contribution is 2.30. The molecule has 0 aliphatic carbocycles. The molecule has 0 unspecified atom stereocenters. The molecule has 3 aromatic rings. The molecule has 0 spiro atoms. The van der Waals surface area contributed by atoms with Crippen LogP contribution in [0.2, 0.25) is 0 Å². The summed E-state index contributed by atoms with van der Waals surface area (Å²) in [5.41, 5.74) is 1.58. The lowest BCUT2D eigenvalue weighted by atomic mass is 10.3. The monoisotopic (exact) mass is 312 g/mol. The van der Waals surface area contributed by atoms with Crippen molar-refractivity contribution in [3.63, 3.8) is 0 Å². The number of hydrogen-bond acceptors (Lipinski definition) is 0. The summed E-state index contributed by atoms with van der Waals surface area (Å²) in [5.74, 6) is -0.690. The summed E-state index contributed by atoms with van der Waals surface area (Å²) in [5, 5.41) is 0. The van der Waals surface area contributed by atoms with E-state index >= 15 is 0 Å². The van der Waals surface area contributed by atoms with E-state index in [-0.39, 0.29) is 12.4 Å². The third kappa shape index (κ3) is 2.49. The standard InChI is InChI=1S/C15H12F3N2.ClH/c1-19-12-9-5-6-10-13(12)20(14(19)15(16,17)18)11-7-3-2-4-8-11;/h2-10H,1H3;1H/q+1;/p-1. The van der Waals surface area contributed by atoms with Gasteiger partial charge in [-0.25, -0.2) is 4.57 Å². The first kappa shape index (κ1) is 15.4. The van der Waals surface area contributed by atoms with Crippen LogP contribution in [-0.4, -0.2) is 4.57 Å². The molecule has 0 aliphatic heterocycles. The number of para-hydroxylation sites is 3. The SMILES string of the molecule is Cn1c(C(F)(F)F)[n+](-c2ccccc2)c2ccccc21.[Cl-]. The third-order valence-electron chi connectivity index (χ3n) is 3.28. The minimum atomic E-state index is -4.43. The summed E-state index contributed by atoms with van der Waals surface area (Å²) < 4.78 is 42.6. The molecule has 0 saturated heterocycles. The molecule has 3 rings (SSSR count). The zero-order chi connectivity index (χ0) is 14.3. The first-order chi connectivity index (χ1) is 9.50. The molecule has 0 aliphatic rings. The maximum absolute atomic E-state index is 13.4. The van der Waals surface area contributed by atoms with Gasteiger partial charge in [-0.15, -0.1) is 0 Å². The van der Waals surface area contributed by atoms with Gasteiger partial charge in [0.05, 0.1) is 7.05 Å². The molecule has 1 heterocycles. The first-order valence-electron chi connectivity index (χ1n) is 6.12. The molecule has 0 saturated carbocycles. The van der Waals surface area contributed by atoms with E-state index in [9.17, 15) is 13.2 Å². The Balaban J connectivity index is 0.00000161. The maximum Gasteiger partial charge on any atom is 0.495 e. The van der Waals surface area contributed by atoms with E-state index < -0.39 is 12.0 Å². The fourth-order valence-corrected chi connectivity index (χ4v) is 2.47. The van der Waals surface area contributed by atoms with Crippen molar-refractivity contribution in [1.29, 1.82) is 0 Å². The van der Waals surface area contributed by atoms with Gasteiger partial charge in [-0.1, -0.05) is 30.3 Å². The highest BCUT2D eigenvalue weighted by Gasteiger charge is 2.46. The lowest BCUT2D eigenvalue weighted by Crippen LogP contribution is -3.00. The number of aryl methyl sites for hydroxylation is 1. The van der Waals surface area contributed by atoms with Gasteiger partial charge in [0.15, 0.2) is 11.0 Å². The average Bonchev–Trinajstić information content (AvgIpc) is 2.74. The Kier molecular flexibility index (Phi) is 3.96. The Hall–Kier alpha value is -2.01. The van der Waals surface area contributed by atoms with Gasteiger partial charge in [-0.2, -0.15) is 17.7 Å². The smallest absolute Gasteiger partial charge is 0.495 e. The van der Waals surface area contributed by atoms with Crippen molar-refractivity contribution in [1.82, 2.24) is 4.57 Å². The second kappa shape index (κ2) is 5.41. The van der Waals surface area contributed by atoms with Gasteiger partial charge in [0, 0.05) is 0 Å². The van der Waals surface area contributed by atoms with Crippen LogP contribution in [0.4, 0.5) is 13.2 Å². The van der Waals surface area contributed by atoms with Crippen LogP contribution in [0.5, 0.6) is 0 Å². The molecule has 2 nitrogen and oxygen atoms in total. The van der Waals surface area contributed by atoms with Crippen LogP contribution in [0.3, 0.4) is 0 Å². The number of rotatable bonds is 1. The largest absolute Gasteiger partial charge is 1.00 e. The van der Waals surface area contributed by atoms with Gasteiger partial charge >= 0.3 is 12.0 Å². The van der Waals surface area contributed by atoms with Gasteiger partial charge < -0.3 is 12.4 Å². The quantitative estimate of drug-likeness (QED) is 0.578. The van der Waals surface area contributed by atoms with E-state index in [0.29, 0.717) is 16.7 Å². The van der Waals surface area contributed by atoms with Crippen molar-refractivity contribution >= 4 is 11.0 Å². The number of halogens is 4. The molecule has 0 N–H and O–H groups in total. The van der Waals surface area contributed by atoms with Crippen molar-refractivity contribution < 1.29 is 30.1 Å². The van der Waals surface area contributed by atoms with Gasteiger partial charge in [0.1, 0.15) is 5.69 Å². The highest BCUT2D eigenvalue weighted by atomic mass is 35.5. The number of nitrogens with zero attached hydrogens (tertiary/aromatic N) is 2. The van der Waals surface area contributed by atoms with E-state index in [1.54, 1.807) is 54.6 Å². The molecule has 110 valence electrons. The van der Waals surface area contributed by atoms with E-state index in [4.69, 9.17) is 0 Å². The summed E-state index contributed by atoms with van der Waals surface area (Å²) in [7, 11) is 1.44. The summed E-state index contributed by atoms with van der Waals surface area (Å²) in [4.78, 5) is 0. The minimum Gasteiger partial charge on any atom is -1.00 e. The fourth-order valence-electron chi connectivity index (χ4n) is 2.47. The van der Waals surface area contributed by atoms with Crippen LogP contribution < -0.4 is 17.0 Å². The van der Waals surface area contributed by atoms with Crippen LogP contribution in [-0.2, 0) is 13.2 Å². The number of benzene rings is 2.